The molecule has 1 aliphatic heterocycles. The van der Waals surface area contributed by atoms with Crippen molar-refractivity contribution in [2.24, 2.45) is 0 Å². The van der Waals surface area contributed by atoms with E-state index in [4.69, 9.17) is 9.15 Å². The Morgan fingerprint density at radius 1 is 1.17 bits per heavy atom. The first-order chi connectivity index (χ1) is 13.7. The highest BCUT2D eigenvalue weighted by molar-refractivity contribution is 7.99. The third-order valence-corrected chi connectivity index (χ3v) is 6.47. The number of nitrogens with zero attached hydrogens (tertiary/aromatic N) is 1. The average molecular weight is 416 g/mol. The Morgan fingerprint density at radius 3 is 2.48 bits per heavy atom. The van der Waals surface area contributed by atoms with E-state index in [9.17, 15) is 14.4 Å². The van der Waals surface area contributed by atoms with Crippen molar-refractivity contribution in [2.75, 3.05) is 5.75 Å². The Hall–Kier alpha value is -2.54. The summed E-state index contributed by atoms with van der Waals surface area (Å²) >= 11 is 1.44. The van der Waals surface area contributed by atoms with Crippen LogP contribution in [-0.4, -0.2) is 40.5 Å². The van der Waals surface area contributed by atoms with E-state index in [1.807, 2.05) is 32.9 Å². The van der Waals surface area contributed by atoms with Gasteiger partial charge in [-0.1, -0.05) is 6.07 Å². The van der Waals surface area contributed by atoms with Gasteiger partial charge in [-0.15, -0.1) is 11.8 Å². The number of esters is 1. The summed E-state index contributed by atoms with van der Waals surface area (Å²) in [6.45, 7) is 8.78. The lowest BCUT2D eigenvalue weighted by atomic mass is 9.96. The standard InChI is InChI=1S/C22H25NO5S/c1-12-9-14(3)17(10-13(12)2)20(25)15(4)28-22(26)18-11-29-21(23(18)16(5)24)19-7-6-8-27-19/h6-10,15,18,21H,11H2,1-5H3/t15-,18+,21-/m1/s1. The molecule has 2 heterocycles. The molecule has 0 N–H and O–H groups in total. The zero-order valence-electron chi connectivity index (χ0n) is 17.2. The van der Waals surface area contributed by atoms with Crippen molar-refractivity contribution in [3.63, 3.8) is 0 Å². The maximum atomic E-state index is 12.9. The molecule has 1 aromatic carbocycles. The number of Topliss-reactive ketones (excluding diaryl/α,β-unsaturated/α-hetero) is 1. The Balaban J connectivity index is 1.74. The molecule has 6 nitrogen and oxygen atoms in total. The van der Waals surface area contributed by atoms with E-state index >= 15 is 0 Å². The number of amides is 1. The minimum atomic E-state index is -0.940. The van der Waals surface area contributed by atoms with Crippen molar-refractivity contribution < 1.29 is 23.5 Å². The van der Waals surface area contributed by atoms with Crippen LogP contribution >= 0.6 is 11.8 Å². The number of benzene rings is 1. The molecular formula is C22H25NO5S. The number of rotatable bonds is 5. The van der Waals surface area contributed by atoms with Gasteiger partial charge in [0.15, 0.2) is 6.10 Å². The minimum Gasteiger partial charge on any atom is -0.466 e. The summed E-state index contributed by atoms with van der Waals surface area (Å²) in [6.07, 6.45) is 0.594. The van der Waals surface area contributed by atoms with Gasteiger partial charge in [0.2, 0.25) is 11.7 Å². The first kappa shape index (κ1) is 21.2. The van der Waals surface area contributed by atoms with Gasteiger partial charge >= 0.3 is 5.97 Å². The molecule has 0 unspecified atom stereocenters. The Labute approximate surface area is 174 Å². The number of carbonyl (C=O) groups is 3. The molecule has 1 aliphatic rings. The van der Waals surface area contributed by atoms with E-state index in [0.717, 1.165) is 16.7 Å². The van der Waals surface area contributed by atoms with Crippen LogP contribution in [-0.2, 0) is 14.3 Å². The molecule has 0 spiro atoms. The number of ether oxygens (including phenoxy) is 1. The fourth-order valence-corrected chi connectivity index (χ4v) is 4.89. The Morgan fingerprint density at radius 2 is 1.86 bits per heavy atom. The second-order valence-corrected chi connectivity index (χ2v) is 8.45. The Bertz CT molecular complexity index is 937. The van der Waals surface area contributed by atoms with Gasteiger partial charge in [0.05, 0.1) is 6.26 Å². The summed E-state index contributed by atoms with van der Waals surface area (Å²) in [6, 6.07) is 6.54. The van der Waals surface area contributed by atoms with Gasteiger partial charge in [-0.05, 0) is 62.6 Å². The highest BCUT2D eigenvalue weighted by Crippen LogP contribution is 2.42. The molecule has 3 atom stereocenters. The molecule has 7 heteroatoms. The van der Waals surface area contributed by atoms with E-state index in [1.165, 1.54) is 29.8 Å². The van der Waals surface area contributed by atoms with Crippen molar-refractivity contribution >= 4 is 29.4 Å². The second-order valence-electron chi connectivity index (χ2n) is 7.34. The van der Waals surface area contributed by atoms with Crippen LogP contribution in [0.5, 0.6) is 0 Å². The van der Waals surface area contributed by atoms with Crippen LogP contribution in [0.4, 0.5) is 0 Å². The topological polar surface area (TPSA) is 76.8 Å². The van der Waals surface area contributed by atoms with Crippen molar-refractivity contribution in [3.8, 4) is 0 Å². The molecule has 154 valence electrons. The summed E-state index contributed by atoms with van der Waals surface area (Å²) in [4.78, 5) is 39.4. The predicted octanol–water partition coefficient (Wildman–Crippen LogP) is 3.98. The van der Waals surface area contributed by atoms with Gasteiger partial charge in [0.1, 0.15) is 17.2 Å². The van der Waals surface area contributed by atoms with Crippen LogP contribution < -0.4 is 0 Å². The van der Waals surface area contributed by atoms with Crippen LogP contribution in [0.15, 0.2) is 34.9 Å². The summed E-state index contributed by atoms with van der Waals surface area (Å²) in [5, 5.41) is -0.381. The molecule has 1 aromatic heterocycles. The van der Waals surface area contributed by atoms with Crippen molar-refractivity contribution in [1.29, 1.82) is 0 Å². The molecule has 1 saturated heterocycles. The molecular weight excluding hydrogens is 390 g/mol. The number of carbonyl (C=O) groups excluding carboxylic acids is 3. The first-order valence-electron chi connectivity index (χ1n) is 9.47. The van der Waals surface area contributed by atoms with Crippen LogP contribution in [0.1, 0.15) is 52.0 Å². The normalized spacial score (nSPS) is 19.8. The van der Waals surface area contributed by atoms with Crippen LogP contribution in [0.2, 0.25) is 0 Å². The minimum absolute atomic E-state index is 0.248. The van der Waals surface area contributed by atoms with E-state index in [-0.39, 0.29) is 17.1 Å². The van der Waals surface area contributed by atoms with E-state index in [0.29, 0.717) is 17.1 Å². The van der Waals surface area contributed by atoms with Crippen molar-refractivity contribution in [2.45, 2.75) is 52.1 Å². The highest BCUT2D eigenvalue weighted by Gasteiger charge is 2.43. The van der Waals surface area contributed by atoms with Gasteiger partial charge in [-0.25, -0.2) is 4.79 Å². The SMILES string of the molecule is CC(=O)N1[C@@H](c2ccco2)SC[C@H]1C(=O)O[C@H](C)C(=O)c1cc(C)c(C)cc1C. The fraction of sp³-hybridized carbons (Fsp3) is 0.409. The predicted molar refractivity (Wildman–Crippen MR) is 111 cm³/mol. The third-order valence-electron chi connectivity index (χ3n) is 5.19. The molecule has 29 heavy (non-hydrogen) atoms. The largest absolute Gasteiger partial charge is 0.466 e. The lowest BCUT2D eigenvalue weighted by Gasteiger charge is -2.26. The van der Waals surface area contributed by atoms with Crippen LogP contribution in [0.25, 0.3) is 0 Å². The third kappa shape index (κ3) is 4.24. The monoisotopic (exact) mass is 415 g/mol. The van der Waals surface area contributed by atoms with Gasteiger partial charge in [-0.2, -0.15) is 0 Å². The van der Waals surface area contributed by atoms with Crippen LogP contribution in [0.3, 0.4) is 0 Å². The van der Waals surface area contributed by atoms with Gasteiger partial charge in [0, 0.05) is 18.2 Å². The molecule has 3 rings (SSSR count). The smallest absolute Gasteiger partial charge is 0.330 e. The molecule has 0 saturated carbocycles. The summed E-state index contributed by atoms with van der Waals surface area (Å²) in [7, 11) is 0. The molecule has 1 amide bonds. The molecule has 0 bridgehead atoms. The Kier molecular flexibility index (Phi) is 6.17. The zero-order valence-corrected chi connectivity index (χ0v) is 18.0. The van der Waals surface area contributed by atoms with Crippen molar-refractivity contribution in [1.82, 2.24) is 4.90 Å². The maximum absolute atomic E-state index is 12.9. The molecule has 0 radical (unpaired) electrons. The summed E-state index contributed by atoms with van der Waals surface area (Å²) in [5.74, 6) is -0.0868. The van der Waals surface area contributed by atoms with Crippen LogP contribution in [0, 0.1) is 20.8 Å². The number of furan rings is 1. The van der Waals surface area contributed by atoms with Gasteiger partial charge < -0.3 is 14.1 Å². The summed E-state index contributed by atoms with van der Waals surface area (Å²) < 4.78 is 10.9. The lowest BCUT2D eigenvalue weighted by molar-refractivity contribution is -0.155. The number of thioether (sulfide) groups is 1. The molecule has 1 fully saturated rings. The molecule has 2 aromatic rings. The first-order valence-corrected chi connectivity index (χ1v) is 10.5. The zero-order chi connectivity index (χ0) is 21.3. The fourth-order valence-electron chi connectivity index (χ4n) is 3.47. The summed E-state index contributed by atoms with van der Waals surface area (Å²) in [5.41, 5.74) is 3.51. The molecule has 0 aliphatic carbocycles. The highest BCUT2D eigenvalue weighted by atomic mass is 32.2. The van der Waals surface area contributed by atoms with Gasteiger partial charge in [-0.3, -0.25) is 9.59 Å². The van der Waals surface area contributed by atoms with E-state index in [2.05, 4.69) is 0 Å². The number of hydrogen-bond donors (Lipinski definition) is 0. The quantitative estimate of drug-likeness (QED) is 0.543. The van der Waals surface area contributed by atoms with Crippen molar-refractivity contribution in [3.05, 3.63) is 58.5 Å². The van der Waals surface area contributed by atoms with Gasteiger partial charge in [0.25, 0.3) is 0 Å². The number of aryl methyl sites for hydroxylation is 3. The lowest BCUT2D eigenvalue weighted by Crippen LogP contribution is -2.44. The average Bonchev–Trinajstić information content (AvgIpc) is 3.32. The van der Waals surface area contributed by atoms with E-state index < -0.39 is 18.1 Å². The second kappa shape index (κ2) is 8.45. The number of hydrogen-bond acceptors (Lipinski definition) is 6. The maximum Gasteiger partial charge on any atom is 0.330 e. The number of ketones is 1. The van der Waals surface area contributed by atoms with E-state index in [1.54, 1.807) is 19.1 Å².